The van der Waals surface area contributed by atoms with E-state index in [2.05, 4.69) is 14.9 Å². The van der Waals surface area contributed by atoms with E-state index < -0.39 is 16.8 Å². The number of aromatic nitrogens is 2. The highest BCUT2D eigenvalue weighted by Gasteiger charge is 2.37. The van der Waals surface area contributed by atoms with Gasteiger partial charge in [-0.1, -0.05) is 24.3 Å². The van der Waals surface area contributed by atoms with Crippen molar-refractivity contribution in [2.24, 2.45) is 0 Å². The molecule has 0 spiro atoms. The predicted molar refractivity (Wildman–Crippen MR) is 121 cm³/mol. The van der Waals surface area contributed by atoms with Gasteiger partial charge in [0, 0.05) is 32.1 Å². The highest BCUT2D eigenvalue weighted by molar-refractivity contribution is 7.91. The molecular weight excluding hydrogens is 414 g/mol. The first-order valence-electron chi connectivity index (χ1n) is 10.5. The molecule has 1 unspecified atom stereocenters. The zero-order chi connectivity index (χ0) is 22.3. The van der Waals surface area contributed by atoms with Crippen LogP contribution in [0, 0.1) is 0 Å². The predicted octanol–water partition coefficient (Wildman–Crippen LogP) is 2.84. The first-order chi connectivity index (χ1) is 14.6. The molecule has 0 bridgehead atoms. The minimum Gasteiger partial charge on any atom is -0.611 e. The molecule has 9 heteroatoms. The molecule has 1 aromatic heterocycles. The number of hydrogen-bond acceptors (Lipinski definition) is 7. The summed E-state index contributed by atoms with van der Waals surface area (Å²) >= 11 is -1.25. The lowest BCUT2D eigenvalue weighted by molar-refractivity contribution is 0.0238. The molecular formula is C22H29N5O3S. The van der Waals surface area contributed by atoms with E-state index >= 15 is 0 Å². The van der Waals surface area contributed by atoms with Crippen molar-refractivity contribution in [3.05, 3.63) is 29.8 Å². The van der Waals surface area contributed by atoms with Gasteiger partial charge in [0.25, 0.3) is 0 Å². The number of rotatable bonds is 2. The summed E-state index contributed by atoms with van der Waals surface area (Å²) in [4.78, 5) is 25.8. The van der Waals surface area contributed by atoms with E-state index in [9.17, 15) is 9.35 Å². The van der Waals surface area contributed by atoms with Crippen molar-refractivity contribution in [2.45, 2.75) is 50.2 Å². The molecule has 1 amide bonds. The Labute approximate surface area is 186 Å². The molecule has 2 aliphatic heterocycles. The molecule has 2 N–H and O–H groups in total. The van der Waals surface area contributed by atoms with Crippen LogP contribution in [0.3, 0.4) is 0 Å². The highest BCUT2D eigenvalue weighted by Crippen LogP contribution is 2.39. The summed E-state index contributed by atoms with van der Waals surface area (Å²) in [6.07, 6.45) is 1.12. The van der Waals surface area contributed by atoms with E-state index in [1.165, 1.54) is 0 Å². The summed E-state index contributed by atoms with van der Waals surface area (Å²) < 4.78 is 18.7. The van der Waals surface area contributed by atoms with Crippen LogP contribution in [0.25, 0.3) is 11.3 Å². The molecule has 2 aromatic rings. The summed E-state index contributed by atoms with van der Waals surface area (Å²) in [7, 11) is 1.76. The number of nitrogens with zero attached hydrogens (tertiary/aromatic N) is 4. The molecule has 0 radical (unpaired) electrons. The van der Waals surface area contributed by atoms with Crippen LogP contribution in [0.5, 0.6) is 0 Å². The Bertz CT molecular complexity index is 994. The number of aryl methyl sites for hydroxylation is 1. The molecule has 1 fully saturated rings. The van der Waals surface area contributed by atoms with Crippen LogP contribution < -0.4 is 10.6 Å². The maximum Gasteiger partial charge on any atom is 0.410 e. The van der Waals surface area contributed by atoms with E-state index in [0.29, 0.717) is 41.7 Å². The molecule has 0 aliphatic carbocycles. The van der Waals surface area contributed by atoms with E-state index in [1.54, 1.807) is 11.9 Å². The molecule has 8 nitrogen and oxygen atoms in total. The van der Waals surface area contributed by atoms with Crippen molar-refractivity contribution in [3.8, 4) is 11.3 Å². The zero-order valence-electron chi connectivity index (χ0n) is 18.4. The fraction of sp³-hybridized carbons (Fsp3) is 0.500. The van der Waals surface area contributed by atoms with Gasteiger partial charge in [-0.3, -0.25) is 0 Å². The monoisotopic (exact) mass is 443 g/mol. The molecule has 1 aromatic carbocycles. The molecule has 166 valence electrons. The summed E-state index contributed by atoms with van der Waals surface area (Å²) in [5.41, 5.74) is 8.26. The maximum absolute atomic E-state index is 13.2. The van der Waals surface area contributed by atoms with Crippen LogP contribution >= 0.6 is 0 Å². The molecule has 2 aliphatic rings. The number of benzene rings is 1. The zero-order valence-corrected chi connectivity index (χ0v) is 19.2. The lowest BCUT2D eigenvalue weighted by atomic mass is 10.0. The van der Waals surface area contributed by atoms with Crippen LogP contribution in [0.4, 0.5) is 16.6 Å². The minimum atomic E-state index is -1.25. The lowest BCUT2D eigenvalue weighted by Crippen LogP contribution is -2.42. The average Bonchev–Trinajstić information content (AvgIpc) is 3.14. The quantitative estimate of drug-likeness (QED) is 0.711. The molecule has 1 saturated heterocycles. The van der Waals surface area contributed by atoms with E-state index in [-0.39, 0.29) is 18.1 Å². The van der Waals surface area contributed by atoms with Crippen LogP contribution in [0.15, 0.2) is 29.2 Å². The third kappa shape index (κ3) is 4.43. The number of nitrogens with two attached hydrogens (primary N) is 1. The standard InChI is InChI=1S/C22H29N5O3S/c1-22(2,3)30-21(28)26(4)15-9-11-27(13-15)19-18-17(24-20(23)25-19)16-8-6-5-7-14(16)10-12-31(18)29/h5-8,15H,9-13H2,1-4H3,(H2,23,24,25)/t15-,31?/m1/s1. The number of nitrogen functional groups attached to an aromatic ring is 1. The Hall–Kier alpha value is -2.52. The fourth-order valence-corrected chi connectivity index (χ4v) is 5.43. The molecule has 4 rings (SSSR count). The molecule has 2 atom stereocenters. The number of carbonyl (C=O) groups excluding carboxylic acids is 1. The molecule has 3 heterocycles. The van der Waals surface area contributed by atoms with Gasteiger partial charge in [-0.05, 0) is 43.9 Å². The number of ether oxygens (including phenoxy) is 1. The largest absolute Gasteiger partial charge is 0.611 e. The lowest BCUT2D eigenvalue weighted by Gasteiger charge is -2.29. The van der Waals surface area contributed by atoms with Gasteiger partial charge in [-0.2, -0.15) is 4.98 Å². The van der Waals surface area contributed by atoms with Crippen LogP contribution in [0.1, 0.15) is 32.8 Å². The summed E-state index contributed by atoms with van der Waals surface area (Å²) in [6, 6.07) is 7.94. The number of amides is 1. The molecule has 0 saturated carbocycles. The van der Waals surface area contributed by atoms with Gasteiger partial charge < -0.3 is 24.8 Å². The van der Waals surface area contributed by atoms with Gasteiger partial charge in [0.15, 0.2) is 5.82 Å². The van der Waals surface area contributed by atoms with E-state index in [4.69, 9.17) is 10.5 Å². The van der Waals surface area contributed by atoms with Crippen molar-refractivity contribution < 1.29 is 14.1 Å². The Morgan fingerprint density at radius 1 is 1.32 bits per heavy atom. The normalized spacial score (nSPS) is 20.6. The van der Waals surface area contributed by atoms with Crippen LogP contribution in [-0.4, -0.2) is 63.0 Å². The van der Waals surface area contributed by atoms with Crippen LogP contribution in [0.2, 0.25) is 0 Å². The summed E-state index contributed by atoms with van der Waals surface area (Å²) in [6.45, 7) is 6.81. The Balaban J connectivity index is 1.65. The van der Waals surface area contributed by atoms with Crippen molar-refractivity contribution in [1.29, 1.82) is 0 Å². The third-order valence-electron chi connectivity index (χ3n) is 5.61. The van der Waals surface area contributed by atoms with Crippen LogP contribution in [-0.2, 0) is 22.3 Å². The maximum atomic E-state index is 13.2. The Morgan fingerprint density at radius 3 is 2.81 bits per heavy atom. The SMILES string of the molecule is CN(C(=O)OC(C)(C)C)[C@@H]1CCN(c2nc(N)nc3c2[S+]([O-])CCc2ccccc2-3)C1. The van der Waals surface area contributed by atoms with Crippen molar-refractivity contribution in [3.63, 3.8) is 0 Å². The minimum absolute atomic E-state index is 0.0341. The van der Waals surface area contributed by atoms with Gasteiger partial charge in [0.05, 0.1) is 6.04 Å². The number of hydrogen-bond donors (Lipinski definition) is 1. The summed E-state index contributed by atoms with van der Waals surface area (Å²) in [5.74, 6) is 1.28. The Kier molecular flexibility index (Phi) is 5.74. The van der Waals surface area contributed by atoms with Crippen molar-refractivity contribution in [1.82, 2.24) is 14.9 Å². The van der Waals surface area contributed by atoms with Crippen molar-refractivity contribution in [2.75, 3.05) is 36.5 Å². The second-order valence-corrected chi connectivity index (χ2v) is 10.5. The second kappa shape index (κ2) is 8.20. The van der Waals surface area contributed by atoms with Gasteiger partial charge >= 0.3 is 6.09 Å². The van der Waals surface area contributed by atoms with E-state index in [0.717, 1.165) is 17.5 Å². The fourth-order valence-electron chi connectivity index (χ4n) is 4.07. The van der Waals surface area contributed by atoms with Gasteiger partial charge in [-0.15, -0.1) is 0 Å². The number of anilines is 2. The third-order valence-corrected chi connectivity index (χ3v) is 7.02. The number of fused-ring (bicyclic) bond motifs is 3. The topological polar surface area (TPSA) is 108 Å². The first kappa shape index (κ1) is 21.7. The van der Waals surface area contributed by atoms with E-state index in [1.807, 2.05) is 45.0 Å². The number of carbonyl (C=O) groups is 1. The number of likely N-dealkylation sites (N-methyl/N-ethyl adjacent to an activating group) is 1. The van der Waals surface area contributed by atoms with Crippen molar-refractivity contribution >= 4 is 29.0 Å². The first-order valence-corrected chi connectivity index (χ1v) is 11.8. The van der Waals surface area contributed by atoms with Gasteiger partial charge in [-0.25, -0.2) is 9.78 Å². The smallest absolute Gasteiger partial charge is 0.410 e. The second-order valence-electron chi connectivity index (χ2n) is 9.02. The summed E-state index contributed by atoms with van der Waals surface area (Å²) in [5, 5.41) is 0. The Morgan fingerprint density at radius 2 is 2.06 bits per heavy atom. The van der Waals surface area contributed by atoms with Gasteiger partial charge in [0.2, 0.25) is 10.8 Å². The highest BCUT2D eigenvalue weighted by atomic mass is 32.2. The van der Waals surface area contributed by atoms with Gasteiger partial charge in [0.1, 0.15) is 17.0 Å². The average molecular weight is 444 g/mol. The molecule has 31 heavy (non-hydrogen) atoms.